The zero-order valence-corrected chi connectivity index (χ0v) is 13.3. The number of nitrogens with two attached hydrogens (primary N) is 1. The van der Waals surface area contributed by atoms with Crippen molar-refractivity contribution in [3.05, 3.63) is 28.8 Å². The van der Waals surface area contributed by atoms with E-state index in [1.165, 1.54) is 16.7 Å². The molecule has 0 spiro atoms. The molecule has 1 aromatic rings. The summed E-state index contributed by atoms with van der Waals surface area (Å²) in [5.41, 5.74) is 11.2. The molecule has 0 aliphatic heterocycles. The molecular weight excluding hydrogens is 234 g/mol. The van der Waals surface area contributed by atoms with E-state index in [4.69, 9.17) is 10.5 Å². The molecule has 2 N–H and O–H groups in total. The molecule has 0 aromatic heterocycles. The van der Waals surface area contributed by atoms with E-state index < -0.39 is 0 Å². The lowest BCUT2D eigenvalue weighted by Crippen LogP contribution is -2.10. The average molecular weight is 263 g/mol. The predicted molar refractivity (Wildman–Crippen MR) is 83.9 cm³/mol. The molecule has 0 heterocycles. The van der Waals surface area contributed by atoms with Gasteiger partial charge >= 0.3 is 0 Å². The minimum absolute atomic E-state index is 0.456. The van der Waals surface area contributed by atoms with Crippen LogP contribution in [0.2, 0.25) is 0 Å². The monoisotopic (exact) mass is 263 g/mol. The summed E-state index contributed by atoms with van der Waals surface area (Å²) in [6, 6.07) is 4.55. The van der Waals surface area contributed by atoms with Crippen molar-refractivity contribution in [3.63, 3.8) is 0 Å². The topological polar surface area (TPSA) is 35.2 Å². The number of rotatable bonds is 6. The van der Waals surface area contributed by atoms with Gasteiger partial charge in [0.2, 0.25) is 0 Å². The van der Waals surface area contributed by atoms with Crippen LogP contribution in [-0.2, 0) is 4.74 Å². The molecule has 0 saturated carbocycles. The maximum Gasteiger partial charge on any atom is 0.0530 e. The van der Waals surface area contributed by atoms with Crippen molar-refractivity contribution in [1.29, 1.82) is 0 Å². The van der Waals surface area contributed by atoms with Crippen LogP contribution in [-0.4, -0.2) is 13.7 Å². The molecule has 2 heteroatoms. The minimum atomic E-state index is 0.456. The number of anilines is 1. The van der Waals surface area contributed by atoms with Gasteiger partial charge in [-0.05, 0) is 34.9 Å². The average Bonchev–Trinajstić information content (AvgIpc) is 2.35. The second-order valence-electron chi connectivity index (χ2n) is 5.98. The van der Waals surface area contributed by atoms with E-state index in [2.05, 4.69) is 46.8 Å². The first kappa shape index (κ1) is 16.0. The number of benzene rings is 1. The van der Waals surface area contributed by atoms with Gasteiger partial charge in [-0.15, -0.1) is 0 Å². The third-order valence-electron chi connectivity index (χ3n) is 3.84. The number of ether oxygens (including phenoxy) is 1. The lowest BCUT2D eigenvalue weighted by atomic mass is 9.86. The summed E-state index contributed by atoms with van der Waals surface area (Å²) in [5.74, 6) is 1.37. The molecule has 1 aromatic carbocycles. The van der Waals surface area contributed by atoms with Crippen LogP contribution in [0, 0.1) is 0 Å². The molecule has 1 atom stereocenters. The van der Waals surface area contributed by atoms with Gasteiger partial charge in [-0.25, -0.2) is 0 Å². The Balaban J connectivity index is 3.32. The molecular formula is C17H29NO. The van der Waals surface area contributed by atoms with Crippen molar-refractivity contribution in [2.45, 2.75) is 58.8 Å². The fourth-order valence-corrected chi connectivity index (χ4v) is 2.56. The quantitative estimate of drug-likeness (QED) is 0.758. The first-order valence-electron chi connectivity index (χ1n) is 7.34. The molecule has 0 saturated heterocycles. The van der Waals surface area contributed by atoms with Crippen molar-refractivity contribution in [2.75, 3.05) is 19.5 Å². The van der Waals surface area contributed by atoms with E-state index in [1.54, 1.807) is 7.11 Å². The van der Waals surface area contributed by atoms with Gasteiger partial charge in [-0.1, -0.05) is 46.8 Å². The number of nitrogen functional groups attached to an aromatic ring is 1. The standard InChI is InChI=1S/C17H29NO/c1-7-13(10-19-6)14-8-15(11(2)3)17(18)16(9-14)12(4)5/h8-9,11-13H,7,10,18H2,1-6H3. The van der Waals surface area contributed by atoms with Crippen molar-refractivity contribution in [1.82, 2.24) is 0 Å². The minimum Gasteiger partial charge on any atom is -0.398 e. The van der Waals surface area contributed by atoms with E-state index in [1.807, 2.05) is 0 Å². The summed E-state index contributed by atoms with van der Waals surface area (Å²) in [5, 5.41) is 0. The first-order valence-corrected chi connectivity index (χ1v) is 7.34. The summed E-state index contributed by atoms with van der Waals surface area (Å²) < 4.78 is 5.35. The molecule has 19 heavy (non-hydrogen) atoms. The van der Waals surface area contributed by atoms with Gasteiger partial charge in [-0.3, -0.25) is 0 Å². The van der Waals surface area contributed by atoms with Crippen molar-refractivity contribution in [2.24, 2.45) is 0 Å². The second kappa shape index (κ2) is 6.95. The zero-order valence-electron chi connectivity index (χ0n) is 13.3. The molecule has 0 amide bonds. The zero-order chi connectivity index (χ0) is 14.6. The Labute approximate surface area is 118 Å². The fraction of sp³-hybridized carbons (Fsp3) is 0.647. The van der Waals surface area contributed by atoms with Gasteiger partial charge in [0.05, 0.1) is 6.61 Å². The largest absolute Gasteiger partial charge is 0.398 e. The molecule has 0 bridgehead atoms. The SMILES string of the molecule is CCC(COC)c1cc(C(C)C)c(N)c(C(C)C)c1. The highest BCUT2D eigenvalue weighted by Crippen LogP contribution is 2.34. The van der Waals surface area contributed by atoms with Gasteiger partial charge in [0.1, 0.15) is 0 Å². The molecule has 0 radical (unpaired) electrons. The first-order chi connectivity index (χ1) is 8.92. The van der Waals surface area contributed by atoms with Crippen molar-refractivity contribution >= 4 is 5.69 Å². The van der Waals surface area contributed by atoms with E-state index in [9.17, 15) is 0 Å². The predicted octanol–water partition coefficient (Wildman–Crippen LogP) is 4.66. The van der Waals surface area contributed by atoms with Gasteiger partial charge in [0.25, 0.3) is 0 Å². The highest BCUT2D eigenvalue weighted by molar-refractivity contribution is 5.58. The molecule has 0 aliphatic rings. The Kier molecular flexibility index (Phi) is 5.86. The van der Waals surface area contributed by atoms with Gasteiger partial charge in [-0.2, -0.15) is 0 Å². The smallest absolute Gasteiger partial charge is 0.0530 e. The van der Waals surface area contributed by atoms with Crippen LogP contribution in [0.3, 0.4) is 0 Å². The van der Waals surface area contributed by atoms with Crippen LogP contribution < -0.4 is 5.73 Å². The highest BCUT2D eigenvalue weighted by atomic mass is 16.5. The summed E-state index contributed by atoms with van der Waals surface area (Å²) >= 11 is 0. The summed E-state index contributed by atoms with van der Waals surface area (Å²) in [7, 11) is 1.77. The van der Waals surface area contributed by atoms with Gasteiger partial charge in [0.15, 0.2) is 0 Å². The van der Waals surface area contributed by atoms with E-state index in [0.29, 0.717) is 17.8 Å². The molecule has 0 aliphatic carbocycles. The molecule has 1 unspecified atom stereocenters. The summed E-state index contributed by atoms with van der Waals surface area (Å²) in [4.78, 5) is 0. The highest BCUT2D eigenvalue weighted by Gasteiger charge is 2.17. The third-order valence-corrected chi connectivity index (χ3v) is 3.84. The second-order valence-corrected chi connectivity index (χ2v) is 5.98. The summed E-state index contributed by atoms with van der Waals surface area (Å²) in [6.45, 7) is 11.8. The van der Waals surface area contributed by atoms with E-state index in [-0.39, 0.29) is 0 Å². The van der Waals surface area contributed by atoms with E-state index >= 15 is 0 Å². The number of methoxy groups -OCH3 is 1. The number of hydrogen-bond donors (Lipinski definition) is 1. The van der Waals surface area contributed by atoms with Crippen LogP contribution in [0.1, 0.15) is 75.5 Å². The lowest BCUT2D eigenvalue weighted by Gasteiger charge is -2.22. The fourth-order valence-electron chi connectivity index (χ4n) is 2.56. The Morgan fingerprint density at radius 1 is 1.05 bits per heavy atom. The number of hydrogen-bond acceptors (Lipinski definition) is 2. The molecule has 2 nitrogen and oxygen atoms in total. The molecule has 1 rings (SSSR count). The van der Waals surface area contributed by atoms with Crippen molar-refractivity contribution in [3.8, 4) is 0 Å². The lowest BCUT2D eigenvalue weighted by molar-refractivity contribution is 0.177. The molecule has 108 valence electrons. The van der Waals surface area contributed by atoms with Gasteiger partial charge in [0, 0.05) is 18.7 Å². The van der Waals surface area contributed by atoms with Crippen molar-refractivity contribution < 1.29 is 4.74 Å². The molecule has 0 fully saturated rings. The Hall–Kier alpha value is -1.02. The van der Waals surface area contributed by atoms with E-state index in [0.717, 1.165) is 18.7 Å². The van der Waals surface area contributed by atoms with Crippen LogP contribution >= 0.6 is 0 Å². The van der Waals surface area contributed by atoms with Crippen LogP contribution in [0.5, 0.6) is 0 Å². The normalized spacial score (nSPS) is 13.3. The van der Waals surface area contributed by atoms with Crippen LogP contribution in [0.15, 0.2) is 12.1 Å². The maximum atomic E-state index is 6.34. The Morgan fingerprint density at radius 2 is 1.53 bits per heavy atom. The van der Waals surface area contributed by atoms with Crippen LogP contribution in [0.25, 0.3) is 0 Å². The maximum absolute atomic E-state index is 6.34. The Bertz CT molecular complexity index is 381. The summed E-state index contributed by atoms with van der Waals surface area (Å²) in [6.07, 6.45) is 1.09. The van der Waals surface area contributed by atoms with Gasteiger partial charge < -0.3 is 10.5 Å². The third kappa shape index (κ3) is 3.73. The Morgan fingerprint density at radius 3 is 1.84 bits per heavy atom. The van der Waals surface area contributed by atoms with Crippen LogP contribution in [0.4, 0.5) is 5.69 Å².